The van der Waals surface area contributed by atoms with E-state index in [4.69, 9.17) is 23.7 Å². The van der Waals surface area contributed by atoms with E-state index in [1.807, 2.05) is 36.4 Å². The topological polar surface area (TPSA) is 95.8 Å². The number of nitrogens with zero attached hydrogens (tertiary/aromatic N) is 1. The summed E-state index contributed by atoms with van der Waals surface area (Å²) in [6, 6.07) is 13.4. The van der Waals surface area contributed by atoms with Gasteiger partial charge in [-0.25, -0.2) is 0 Å². The zero-order valence-corrected chi connectivity index (χ0v) is 20.9. The van der Waals surface area contributed by atoms with Gasteiger partial charge in [-0.1, -0.05) is 12.2 Å². The molecule has 0 radical (unpaired) electrons. The number of hydrogen-bond donors (Lipinski definition) is 1. The van der Waals surface area contributed by atoms with Crippen molar-refractivity contribution in [3.8, 4) is 34.5 Å². The molecular weight excluding hydrogens is 462 g/mol. The summed E-state index contributed by atoms with van der Waals surface area (Å²) in [5.41, 5.74) is 2.65. The van der Waals surface area contributed by atoms with Crippen LogP contribution in [-0.2, 0) is 0 Å². The Hall–Kier alpha value is -4.46. The summed E-state index contributed by atoms with van der Waals surface area (Å²) in [5.74, 6) is 2.55. The van der Waals surface area contributed by atoms with Crippen LogP contribution in [-0.4, -0.2) is 52.7 Å². The number of phenols is 1. The summed E-state index contributed by atoms with van der Waals surface area (Å²) in [4.78, 5) is 16.9. The van der Waals surface area contributed by atoms with Gasteiger partial charge in [0.05, 0.1) is 35.5 Å². The number of carbonyl (C=O) groups is 1. The van der Waals surface area contributed by atoms with E-state index in [0.717, 1.165) is 11.1 Å². The summed E-state index contributed by atoms with van der Waals surface area (Å²) in [5, 5.41) is 9.40. The Balaban J connectivity index is 1.89. The van der Waals surface area contributed by atoms with Crippen LogP contribution in [0.2, 0.25) is 0 Å². The van der Waals surface area contributed by atoms with Crippen molar-refractivity contribution < 1.29 is 33.6 Å². The number of aromatic hydroxyl groups is 1. The van der Waals surface area contributed by atoms with Crippen LogP contribution in [0.25, 0.3) is 12.2 Å². The first-order valence-corrected chi connectivity index (χ1v) is 11.0. The predicted molar refractivity (Wildman–Crippen MR) is 140 cm³/mol. The van der Waals surface area contributed by atoms with E-state index in [-0.39, 0.29) is 18.0 Å². The van der Waals surface area contributed by atoms with E-state index in [9.17, 15) is 9.90 Å². The summed E-state index contributed by atoms with van der Waals surface area (Å²) < 4.78 is 27.2. The fourth-order valence-electron chi connectivity index (χ4n) is 3.54. The molecule has 0 aliphatic rings. The molecule has 3 aromatic carbocycles. The van der Waals surface area contributed by atoms with Gasteiger partial charge in [0.1, 0.15) is 11.4 Å². The van der Waals surface area contributed by atoms with Gasteiger partial charge in [0.2, 0.25) is 5.75 Å². The first-order chi connectivity index (χ1) is 17.4. The highest BCUT2D eigenvalue weighted by molar-refractivity contribution is 6.04. The Morgan fingerprint density at radius 3 is 1.75 bits per heavy atom. The van der Waals surface area contributed by atoms with Gasteiger partial charge in [-0.15, -0.1) is 0 Å². The van der Waals surface area contributed by atoms with Gasteiger partial charge in [0, 0.05) is 18.2 Å². The molecule has 0 atom stereocenters. The zero-order chi connectivity index (χ0) is 26.1. The molecule has 0 spiro atoms. The summed E-state index contributed by atoms with van der Waals surface area (Å²) in [6.07, 6.45) is 5.40. The fraction of sp³-hybridized carbons (Fsp3) is 0.214. The molecule has 0 saturated heterocycles. The maximum Gasteiger partial charge on any atom is 0.203 e. The Morgan fingerprint density at radius 2 is 1.25 bits per heavy atom. The molecule has 0 unspecified atom stereocenters. The maximum atomic E-state index is 12.4. The third kappa shape index (κ3) is 6.15. The van der Waals surface area contributed by atoms with Crippen molar-refractivity contribution in [3.05, 3.63) is 65.2 Å². The van der Waals surface area contributed by atoms with Crippen molar-refractivity contribution >= 4 is 29.8 Å². The fourth-order valence-corrected chi connectivity index (χ4v) is 3.54. The van der Waals surface area contributed by atoms with E-state index in [0.29, 0.717) is 40.0 Å². The first-order valence-electron chi connectivity index (χ1n) is 11.0. The second-order valence-corrected chi connectivity index (χ2v) is 7.55. The lowest BCUT2D eigenvalue weighted by molar-refractivity contribution is 0.100. The number of benzene rings is 3. The van der Waals surface area contributed by atoms with Crippen LogP contribution in [0.5, 0.6) is 34.5 Å². The van der Waals surface area contributed by atoms with Crippen molar-refractivity contribution in [2.24, 2.45) is 4.99 Å². The van der Waals surface area contributed by atoms with Gasteiger partial charge in [0.15, 0.2) is 28.8 Å². The van der Waals surface area contributed by atoms with Crippen LogP contribution in [0.1, 0.15) is 27.9 Å². The van der Waals surface area contributed by atoms with Crippen molar-refractivity contribution in [2.45, 2.75) is 6.42 Å². The number of ketones is 1. The van der Waals surface area contributed by atoms with Crippen LogP contribution in [0, 0.1) is 0 Å². The number of aliphatic imine (C=N–C) groups is 1. The number of rotatable bonds is 11. The average molecular weight is 492 g/mol. The molecule has 36 heavy (non-hydrogen) atoms. The van der Waals surface area contributed by atoms with Crippen molar-refractivity contribution in [1.82, 2.24) is 0 Å². The SMILES string of the molecule is COc1cc(/C=C\c2cc(OC)c(OC)c(OC)c2)cc(N=CCC(=O)c2ccc(O)cc2)c1OC. The third-order valence-electron chi connectivity index (χ3n) is 5.33. The largest absolute Gasteiger partial charge is 0.508 e. The molecule has 0 heterocycles. The van der Waals surface area contributed by atoms with E-state index >= 15 is 0 Å². The highest BCUT2D eigenvalue weighted by Gasteiger charge is 2.14. The van der Waals surface area contributed by atoms with E-state index in [1.165, 1.54) is 25.5 Å². The molecule has 3 aromatic rings. The van der Waals surface area contributed by atoms with Crippen molar-refractivity contribution in [3.63, 3.8) is 0 Å². The number of phenolic OH excluding ortho intramolecular Hbond substituents is 1. The lowest BCUT2D eigenvalue weighted by Crippen LogP contribution is -1.99. The van der Waals surface area contributed by atoms with Crippen LogP contribution in [0.15, 0.2) is 53.5 Å². The third-order valence-corrected chi connectivity index (χ3v) is 5.33. The minimum Gasteiger partial charge on any atom is -0.508 e. The summed E-state index contributed by atoms with van der Waals surface area (Å²) >= 11 is 0. The molecule has 8 heteroatoms. The average Bonchev–Trinajstić information content (AvgIpc) is 2.90. The molecule has 0 bridgehead atoms. The Morgan fingerprint density at radius 1 is 0.750 bits per heavy atom. The Kier molecular flexibility index (Phi) is 8.94. The molecule has 0 aliphatic carbocycles. The van der Waals surface area contributed by atoms with Gasteiger partial charge < -0.3 is 28.8 Å². The molecule has 0 fully saturated rings. The molecule has 0 saturated carbocycles. The minimum atomic E-state index is -0.122. The van der Waals surface area contributed by atoms with E-state index in [1.54, 1.807) is 40.6 Å². The molecule has 8 nitrogen and oxygen atoms in total. The van der Waals surface area contributed by atoms with E-state index < -0.39 is 0 Å². The molecule has 0 amide bonds. The van der Waals surface area contributed by atoms with Gasteiger partial charge in [-0.2, -0.15) is 0 Å². The lowest BCUT2D eigenvalue weighted by Gasteiger charge is -2.13. The molecular formula is C28H29NO7. The van der Waals surface area contributed by atoms with Crippen LogP contribution in [0.4, 0.5) is 5.69 Å². The monoisotopic (exact) mass is 491 g/mol. The van der Waals surface area contributed by atoms with Crippen LogP contribution < -0.4 is 23.7 Å². The van der Waals surface area contributed by atoms with Gasteiger partial charge in [-0.3, -0.25) is 9.79 Å². The summed E-state index contributed by atoms with van der Waals surface area (Å²) in [7, 11) is 7.77. The summed E-state index contributed by atoms with van der Waals surface area (Å²) in [6.45, 7) is 0. The Bertz CT molecular complexity index is 1240. The maximum absolute atomic E-state index is 12.4. The normalized spacial score (nSPS) is 11.0. The number of methoxy groups -OCH3 is 5. The Labute approximate surface area is 210 Å². The van der Waals surface area contributed by atoms with Gasteiger partial charge in [-0.05, 0) is 59.7 Å². The predicted octanol–water partition coefficient (Wildman–Crippen LogP) is 5.58. The molecule has 1 N–H and O–H groups in total. The smallest absolute Gasteiger partial charge is 0.203 e. The quantitative estimate of drug-likeness (QED) is 0.212. The van der Waals surface area contributed by atoms with Crippen molar-refractivity contribution in [1.29, 1.82) is 0 Å². The highest BCUT2D eigenvalue weighted by atomic mass is 16.5. The van der Waals surface area contributed by atoms with Gasteiger partial charge >= 0.3 is 0 Å². The molecule has 188 valence electrons. The lowest BCUT2D eigenvalue weighted by atomic mass is 10.1. The van der Waals surface area contributed by atoms with E-state index in [2.05, 4.69) is 4.99 Å². The van der Waals surface area contributed by atoms with Crippen LogP contribution >= 0.6 is 0 Å². The number of ether oxygens (including phenoxy) is 5. The number of carbonyl (C=O) groups excluding carboxylic acids is 1. The highest BCUT2D eigenvalue weighted by Crippen LogP contribution is 2.40. The number of hydrogen-bond acceptors (Lipinski definition) is 8. The molecule has 0 aromatic heterocycles. The first kappa shape index (κ1) is 26.2. The van der Waals surface area contributed by atoms with Gasteiger partial charge in [0.25, 0.3) is 0 Å². The molecule has 3 rings (SSSR count). The second kappa shape index (κ2) is 12.3. The second-order valence-electron chi connectivity index (χ2n) is 7.55. The van der Waals surface area contributed by atoms with Crippen molar-refractivity contribution in [2.75, 3.05) is 35.5 Å². The minimum absolute atomic E-state index is 0.0851. The number of Topliss-reactive ketones (excluding diaryl/α,β-unsaturated/α-hetero) is 1. The standard InChI is InChI=1S/C28H29NO7/c1-32-24-15-18(6-7-19-16-25(33-2)28(36-5)26(17-19)34-3)14-22(27(24)35-4)29-13-12-23(31)20-8-10-21(30)11-9-20/h6-11,13-17,30H,12H2,1-5H3/b7-6-,29-13?. The molecule has 0 aliphatic heterocycles. The zero-order valence-electron chi connectivity index (χ0n) is 20.9. The van der Waals surface area contributed by atoms with Crippen LogP contribution in [0.3, 0.4) is 0 Å².